The fourth-order valence-corrected chi connectivity index (χ4v) is 3.11. The second-order valence-corrected chi connectivity index (χ2v) is 6.90. The van der Waals surface area contributed by atoms with E-state index >= 15 is 0 Å². The maximum absolute atomic E-state index is 10.6. The van der Waals surface area contributed by atoms with E-state index in [1.807, 2.05) is 54.6 Å². The number of unbranched alkanes of at least 4 members (excludes halogenated alkanes) is 1. The summed E-state index contributed by atoms with van der Waals surface area (Å²) in [4.78, 5) is 19.7. The lowest BCUT2D eigenvalue weighted by Crippen LogP contribution is -2.29. The Balaban J connectivity index is 1.91. The number of pyridine rings is 1. The molecule has 1 aromatic heterocycles. The summed E-state index contributed by atoms with van der Waals surface area (Å²) < 4.78 is 5.98. The molecule has 0 radical (unpaired) electrons. The fourth-order valence-electron chi connectivity index (χ4n) is 3.11. The fraction of sp³-hybridized carbons (Fsp3) is 0.261. The van der Waals surface area contributed by atoms with E-state index in [4.69, 9.17) is 15.5 Å². The summed E-state index contributed by atoms with van der Waals surface area (Å²) in [5.74, 6) is 0.878. The van der Waals surface area contributed by atoms with Gasteiger partial charge >= 0.3 is 0 Å². The Kier molecular flexibility index (Phi) is 6.79. The van der Waals surface area contributed by atoms with Crippen LogP contribution in [0.3, 0.4) is 0 Å². The number of nitrogens with zero attached hydrogens (tertiary/aromatic N) is 2. The van der Waals surface area contributed by atoms with E-state index in [2.05, 4.69) is 24.2 Å². The van der Waals surface area contributed by atoms with Crippen molar-refractivity contribution in [3.63, 3.8) is 0 Å². The molecule has 0 saturated carbocycles. The van der Waals surface area contributed by atoms with E-state index in [0.717, 1.165) is 47.2 Å². The minimum atomic E-state index is 0.0344. The number of hydrogen-bond donors (Lipinski definition) is 2. The molecule has 1 unspecified atom stereocenters. The highest BCUT2D eigenvalue weighted by Gasteiger charge is 2.09. The Labute approximate surface area is 170 Å². The molecule has 0 aliphatic rings. The van der Waals surface area contributed by atoms with Crippen LogP contribution in [0.2, 0.25) is 0 Å². The van der Waals surface area contributed by atoms with Crippen LogP contribution in [0, 0.1) is 0 Å². The molecule has 3 aromatic rings. The largest absolute Gasteiger partial charge is 0.491 e. The zero-order chi connectivity index (χ0) is 20.6. The Hall–Kier alpha value is -3.41. The van der Waals surface area contributed by atoms with Gasteiger partial charge in [-0.05, 0) is 49.7 Å². The van der Waals surface area contributed by atoms with Crippen LogP contribution < -0.4 is 15.8 Å². The van der Waals surface area contributed by atoms with E-state index < -0.39 is 0 Å². The van der Waals surface area contributed by atoms with Gasteiger partial charge in [-0.3, -0.25) is 10.1 Å². The summed E-state index contributed by atoms with van der Waals surface area (Å²) >= 11 is 0. The molecule has 0 bridgehead atoms. The first-order valence-electron chi connectivity index (χ1n) is 9.82. The molecular weight excluding hydrogens is 364 g/mol. The summed E-state index contributed by atoms with van der Waals surface area (Å²) in [5.41, 5.74) is 8.93. The number of carbonyl (C=O) groups excluding carboxylic acids is 1. The van der Waals surface area contributed by atoms with Gasteiger partial charge in [0.05, 0.1) is 23.0 Å². The maximum Gasteiger partial charge on any atom is 0.213 e. The Morgan fingerprint density at radius 2 is 2.00 bits per heavy atom. The predicted molar refractivity (Wildman–Crippen MR) is 117 cm³/mol. The second kappa shape index (κ2) is 9.68. The van der Waals surface area contributed by atoms with Gasteiger partial charge in [0.15, 0.2) is 5.96 Å². The average molecular weight is 390 g/mol. The van der Waals surface area contributed by atoms with Crippen molar-refractivity contribution in [2.75, 3.05) is 0 Å². The molecule has 1 atom stereocenters. The van der Waals surface area contributed by atoms with Crippen molar-refractivity contribution >= 4 is 29.0 Å². The topological polar surface area (TPSA) is 89.6 Å². The van der Waals surface area contributed by atoms with Gasteiger partial charge in [-0.2, -0.15) is 0 Å². The van der Waals surface area contributed by atoms with Crippen molar-refractivity contribution < 1.29 is 9.53 Å². The van der Waals surface area contributed by atoms with Gasteiger partial charge < -0.3 is 10.5 Å². The molecular formula is C23H26N4O2. The Morgan fingerprint density at radius 1 is 1.24 bits per heavy atom. The zero-order valence-electron chi connectivity index (χ0n) is 16.8. The van der Waals surface area contributed by atoms with Crippen LogP contribution in [0.4, 0.5) is 5.69 Å². The molecule has 3 N–H and O–H groups in total. The third kappa shape index (κ3) is 5.31. The minimum absolute atomic E-state index is 0.0344. The van der Waals surface area contributed by atoms with Gasteiger partial charge in [0.1, 0.15) is 5.75 Å². The van der Waals surface area contributed by atoms with Gasteiger partial charge in [0, 0.05) is 10.9 Å². The van der Waals surface area contributed by atoms with Crippen LogP contribution >= 0.6 is 0 Å². The number of hydrogen-bond acceptors (Lipinski definition) is 4. The van der Waals surface area contributed by atoms with Crippen molar-refractivity contribution in [3.8, 4) is 17.0 Å². The molecule has 150 valence electrons. The number of ether oxygens (including phenoxy) is 1. The van der Waals surface area contributed by atoms with Gasteiger partial charge in [-0.25, -0.2) is 9.98 Å². The molecule has 3 rings (SSSR count). The minimum Gasteiger partial charge on any atom is -0.491 e. The molecule has 1 heterocycles. The van der Waals surface area contributed by atoms with Crippen LogP contribution in [0.15, 0.2) is 59.6 Å². The molecule has 1 amide bonds. The highest BCUT2D eigenvalue weighted by Crippen LogP contribution is 2.31. The first-order valence-corrected chi connectivity index (χ1v) is 9.82. The third-order valence-electron chi connectivity index (χ3n) is 4.59. The van der Waals surface area contributed by atoms with Crippen molar-refractivity contribution in [3.05, 3.63) is 54.6 Å². The smallest absolute Gasteiger partial charge is 0.213 e. The lowest BCUT2D eigenvalue weighted by atomic mass is 10.1. The van der Waals surface area contributed by atoms with Crippen molar-refractivity contribution in [1.82, 2.24) is 10.3 Å². The number of guanidine groups is 1. The number of para-hydroxylation sites is 1. The molecule has 0 saturated heterocycles. The summed E-state index contributed by atoms with van der Waals surface area (Å²) in [5, 5.41) is 3.23. The van der Waals surface area contributed by atoms with Gasteiger partial charge in [0.25, 0.3) is 0 Å². The molecule has 0 aliphatic heterocycles. The van der Waals surface area contributed by atoms with Crippen molar-refractivity contribution in [2.45, 2.75) is 39.2 Å². The van der Waals surface area contributed by atoms with Crippen LogP contribution in [-0.4, -0.2) is 23.5 Å². The summed E-state index contributed by atoms with van der Waals surface area (Å²) in [6, 6.07) is 17.4. The number of nitrogens with one attached hydrogen (secondary N) is 1. The molecule has 2 aromatic carbocycles. The van der Waals surface area contributed by atoms with E-state index in [-0.39, 0.29) is 12.1 Å². The Morgan fingerprint density at radius 3 is 2.72 bits per heavy atom. The summed E-state index contributed by atoms with van der Waals surface area (Å²) in [6.45, 7) is 4.27. The predicted octanol–water partition coefficient (Wildman–Crippen LogP) is 4.55. The summed E-state index contributed by atoms with van der Waals surface area (Å²) in [6.07, 6.45) is 4.06. The molecule has 6 heteroatoms. The van der Waals surface area contributed by atoms with E-state index in [9.17, 15) is 4.79 Å². The number of nitrogens with two attached hydrogens (primary N) is 1. The Bertz CT molecular complexity index is 999. The lowest BCUT2D eigenvalue weighted by molar-refractivity contribution is -0.108. The number of fused-ring (bicyclic) bond motifs is 1. The molecule has 29 heavy (non-hydrogen) atoms. The highest BCUT2D eigenvalue weighted by atomic mass is 16.5. The third-order valence-corrected chi connectivity index (χ3v) is 4.59. The van der Waals surface area contributed by atoms with Crippen LogP contribution in [0.1, 0.15) is 33.1 Å². The van der Waals surface area contributed by atoms with Gasteiger partial charge in [-0.1, -0.05) is 38.0 Å². The standard InChI is InChI=1S/C23H26N4O2/c1-3-4-7-16(2)29-18-12-10-17(11-13-18)21-14-22(27-23(24)25-15-28)19-8-5-6-9-20(19)26-21/h5-6,8-16H,3-4,7H2,1-2H3,(H3,24,25,26,27,28). The molecule has 0 spiro atoms. The number of amides is 1. The van der Waals surface area contributed by atoms with E-state index in [1.54, 1.807) is 0 Å². The van der Waals surface area contributed by atoms with E-state index in [1.165, 1.54) is 0 Å². The first-order chi connectivity index (χ1) is 14.1. The quantitative estimate of drug-likeness (QED) is 0.335. The monoisotopic (exact) mass is 390 g/mol. The number of aliphatic imine (C=N–C) groups is 1. The summed E-state index contributed by atoms with van der Waals surface area (Å²) in [7, 11) is 0. The number of benzene rings is 2. The van der Waals surface area contributed by atoms with Crippen LogP contribution in [0.5, 0.6) is 5.75 Å². The highest BCUT2D eigenvalue weighted by molar-refractivity contribution is 5.97. The first kappa shape index (κ1) is 20.3. The van der Waals surface area contributed by atoms with Gasteiger partial charge in [-0.15, -0.1) is 0 Å². The number of aromatic nitrogens is 1. The van der Waals surface area contributed by atoms with E-state index in [0.29, 0.717) is 12.1 Å². The lowest BCUT2D eigenvalue weighted by Gasteiger charge is -2.14. The van der Waals surface area contributed by atoms with Crippen LogP contribution in [0.25, 0.3) is 22.2 Å². The number of carbonyl (C=O) groups is 1. The SMILES string of the molecule is CCCCC(C)Oc1ccc(-c2cc(N=C(N)NC=O)c3ccccc3n2)cc1. The normalized spacial score (nSPS) is 12.6. The van der Waals surface area contributed by atoms with Crippen molar-refractivity contribution in [2.24, 2.45) is 10.7 Å². The number of rotatable bonds is 8. The van der Waals surface area contributed by atoms with Crippen LogP contribution in [-0.2, 0) is 4.79 Å². The average Bonchev–Trinajstić information content (AvgIpc) is 2.73. The molecule has 0 aliphatic carbocycles. The molecule has 6 nitrogen and oxygen atoms in total. The van der Waals surface area contributed by atoms with Gasteiger partial charge in [0.2, 0.25) is 6.41 Å². The molecule has 0 fully saturated rings. The zero-order valence-corrected chi connectivity index (χ0v) is 16.8. The second-order valence-electron chi connectivity index (χ2n) is 6.90. The maximum atomic E-state index is 10.6. The van der Waals surface area contributed by atoms with Crippen molar-refractivity contribution in [1.29, 1.82) is 0 Å².